The van der Waals surface area contributed by atoms with Gasteiger partial charge in [-0.3, -0.25) is 4.79 Å². The quantitative estimate of drug-likeness (QED) is 0.852. The SMILES string of the molecule is NC(=O)C(Sc1ncc[nH]1)c1cccc(Br)c1. The minimum Gasteiger partial charge on any atom is -0.368 e. The summed E-state index contributed by atoms with van der Waals surface area (Å²) in [7, 11) is 0. The number of carbonyl (C=O) groups is 1. The maximum absolute atomic E-state index is 11.5. The number of thioether (sulfide) groups is 1. The van der Waals surface area contributed by atoms with E-state index < -0.39 is 5.25 Å². The van der Waals surface area contributed by atoms with E-state index in [0.29, 0.717) is 5.16 Å². The number of nitrogens with zero attached hydrogens (tertiary/aromatic N) is 1. The van der Waals surface area contributed by atoms with E-state index in [1.807, 2.05) is 24.3 Å². The summed E-state index contributed by atoms with van der Waals surface area (Å²) >= 11 is 4.68. The summed E-state index contributed by atoms with van der Waals surface area (Å²) in [5.41, 5.74) is 6.27. The maximum atomic E-state index is 11.5. The van der Waals surface area contributed by atoms with Crippen LogP contribution in [0.2, 0.25) is 0 Å². The number of nitrogens with two attached hydrogens (primary N) is 1. The van der Waals surface area contributed by atoms with E-state index in [0.717, 1.165) is 10.0 Å². The largest absolute Gasteiger partial charge is 0.368 e. The smallest absolute Gasteiger partial charge is 0.235 e. The fraction of sp³-hybridized carbons (Fsp3) is 0.0909. The Kier molecular flexibility index (Phi) is 3.86. The molecule has 0 saturated carbocycles. The lowest BCUT2D eigenvalue weighted by Gasteiger charge is -2.11. The number of imidazole rings is 1. The zero-order chi connectivity index (χ0) is 12.3. The molecule has 6 heteroatoms. The number of primary amides is 1. The number of benzene rings is 1. The van der Waals surface area contributed by atoms with E-state index in [2.05, 4.69) is 25.9 Å². The van der Waals surface area contributed by atoms with E-state index in [4.69, 9.17) is 5.73 Å². The molecule has 2 rings (SSSR count). The van der Waals surface area contributed by atoms with Gasteiger partial charge in [-0.15, -0.1) is 0 Å². The second-order valence-corrected chi connectivity index (χ2v) is 5.36. The van der Waals surface area contributed by atoms with E-state index in [1.54, 1.807) is 12.4 Å². The molecule has 2 aromatic rings. The molecule has 0 aliphatic carbocycles. The Labute approximate surface area is 111 Å². The molecule has 17 heavy (non-hydrogen) atoms. The first kappa shape index (κ1) is 12.2. The molecule has 0 radical (unpaired) electrons. The van der Waals surface area contributed by atoms with Crippen molar-refractivity contribution in [1.82, 2.24) is 9.97 Å². The van der Waals surface area contributed by atoms with Gasteiger partial charge in [0, 0.05) is 16.9 Å². The molecule has 0 saturated heterocycles. The van der Waals surface area contributed by atoms with Crippen molar-refractivity contribution in [1.29, 1.82) is 0 Å². The molecule has 1 unspecified atom stereocenters. The van der Waals surface area contributed by atoms with Crippen LogP contribution >= 0.6 is 27.7 Å². The molecule has 1 amide bonds. The summed E-state index contributed by atoms with van der Waals surface area (Å²) in [5, 5.41) is 0.229. The maximum Gasteiger partial charge on any atom is 0.235 e. The molecule has 0 aliphatic rings. The van der Waals surface area contributed by atoms with Crippen LogP contribution in [0.1, 0.15) is 10.8 Å². The van der Waals surface area contributed by atoms with Crippen molar-refractivity contribution in [2.24, 2.45) is 5.73 Å². The van der Waals surface area contributed by atoms with E-state index in [9.17, 15) is 4.79 Å². The van der Waals surface area contributed by atoms with Crippen LogP contribution in [-0.4, -0.2) is 15.9 Å². The van der Waals surface area contributed by atoms with E-state index in [-0.39, 0.29) is 5.91 Å². The second-order valence-electron chi connectivity index (χ2n) is 3.35. The fourth-order valence-electron chi connectivity index (χ4n) is 1.39. The van der Waals surface area contributed by atoms with Crippen LogP contribution in [0, 0.1) is 0 Å². The van der Waals surface area contributed by atoms with Crippen LogP contribution < -0.4 is 5.73 Å². The average Bonchev–Trinajstić information content (AvgIpc) is 2.78. The number of nitrogens with one attached hydrogen (secondary N) is 1. The van der Waals surface area contributed by atoms with Gasteiger partial charge in [0.15, 0.2) is 5.16 Å². The van der Waals surface area contributed by atoms with Crippen LogP contribution in [0.15, 0.2) is 46.3 Å². The van der Waals surface area contributed by atoms with Gasteiger partial charge in [0.2, 0.25) is 5.91 Å². The van der Waals surface area contributed by atoms with Crippen molar-refractivity contribution in [2.75, 3.05) is 0 Å². The fourth-order valence-corrected chi connectivity index (χ4v) is 2.68. The van der Waals surface area contributed by atoms with Gasteiger partial charge in [0.05, 0.1) is 0 Å². The lowest BCUT2D eigenvalue weighted by Crippen LogP contribution is -2.19. The third-order valence-electron chi connectivity index (χ3n) is 2.11. The third kappa shape index (κ3) is 3.10. The predicted molar refractivity (Wildman–Crippen MR) is 70.5 cm³/mol. The van der Waals surface area contributed by atoms with Gasteiger partial charge in [-0.05, 0) is 17.7 Å². The molecular weight excluding hydrogens is 302 g/mol. The Hall–Kier alpha value is -1.27. The van der Waals surface area contributed by atoms with Gasteiger partial charge in [-0.2, -0.15) is 0 Å². The van der Waals surface area contributed by atoms with Gasteiger partial charge >= 0.3 is 0 Å². The van der Waals surface area contributed by atoms with Crippen LogP contribution in [0.25, 0.3) is 0 Å². The monoisotopic (exact) mass is 311 g/mol. The highest BCUT2D eigenvalue weighted by atomic mass is 79.9. The summed E-state index contributed by atoms with van der Waals surface area (Å²) in [6, 6.07) is 7.53. The molecule has 3 N–H and O–H groups in total. The lowest BCUT2D eigenvalue weighted by atomic mass is 10.1. The highest BCUT2D eigenvalue weighted by Crippen LogP contribution is 2.33. The number of hydrogen-bond donors (Lipinski definition) is 2. The molecule has 1 heterocycles. The summed E-state index contributed by atoms with van der Waals surface area (Å²) in [5.74, 6) is -0.385. The van der Waals surface area contributed by atoms with Crippen LogP contribution in [0.3, 0.4) is 0 Å². The Morgan fingerprint density at radius 1 is 1.53 bits per heavy atom. The Balaban J connectivity index is 2.26. The molecule has 1 atom stereocenters. The normalized spacial score (nSPS) is 12.3. The first-order chi connectivity index (χ1) is 8.16. The molecule has 0 spiro atoms. The van der Waals surface area contributed by atoms with Crippen molar-refractivity contribution in [2.45, 2.75) is 10.4 Å². The molecule has 1 aromatic carbocycles. The number of H-pyrrole nitrogens is 1. The lowest BCUT2D eigenvalue weighted by molar-refractivity contribution is -0.117. The Morgan fingerprint density at radius 2 is 2.35 bits per heavy atom. The number of hydrogen-bond acceptors (Lipinski definition) is 3. The van der Waals surface area contributed by atoms with Crippen LogP contribution in [-0.2, 0) is 4.79 Å². The summed E-state index contributed by atoms with van der Waals surface area (Å²) in [6.07, 6.45) is 3.35. The number of aromatic nitrogens is 2. The summed E-state index contributed by atoms with van der Waals surface area (Å²) < 4.78 is 0.918. The topological polar surface area (TPSA) is 71.8 Å². The number of rotatable bonds is 4. The number of halogens is 1. The van der Waals surface area contributed by atoms with Crippen molar-refractivity contribution in [3.63, 3.8) is 0 Å². The second kappa shape index (κ2) is 5.37. The summed E-state index contributed by atoms with van der Waals surface area (Å²) in [6.45, 7) is 0. The van der Waals surface area contributed by atoms with Gasteiger partial charge < -0.3 is 10.7 Å². The highest BCUT2D eigenvalue weighted by Gasteiger charge is 2.20. The number of aromatic amines is 1. The minimum absolute atomic E-state index is 0.385. The zero-order valence-electron chi connectivity index (χ0n) is 8.76. The first-order valence-electron chi connectivity index (χ1n) is 4.87. The Bertz CT molecular complexity index is 515. The average molecular weight is 312 g/mol. The Morgan fingerprint density at radius 3 is 2.94 bits per heavy atom. The zero-order valence-corrected chi connectivity index (χ0v) is 11.2. The predicted octanol–water partition coefficient (Wildman–Crippen LogP) is 2.49. The third-order valence-corrected chi connectivity index (χ3v) is 3.79. The van der Waals surface area contributed by atoms with Crippen LogP contribution in [0.4, 0.5) is 0 Å². The molecule has 0 bridgehead atoms. The molecule has 0 fully saturated rings. The number of carbonyl (C=O) groups excluding carboxylic acids is 1. The number of amides is 1. The molecular formula is C11H10BrN3OS. The van der Waals surface area contributed by atoms with Gasteiger partial charge in [-0.25, -0.2) is 4.98 Å². The highest BCUT2D eigenvalue weighted by molar-refractivity contribution is 9.10. The van der Waals surface area contributed by atoms with Crippen molar-refractivity contribution in [3.8, 4) is 0 Å². The first-order valence-corrected chi connectivity index (χ1v) is 6.55. The van der Waals surface area contributed by atoms with E-state index in [1.165, 1.54) is 11.8 Å². The van der Waals surface area contributed by atoms with Gasteiger partial charge in [0.25, 0.3) is 0 Å². The standard InChI is InChI=1S/C11H10BrN3OS/c12-8-3-1-2-7(6-8)9(10(13)16)17-11-14-4-5-15-11/h1-6,9H,(H2,13,16)(H,14,15). The van der Waals surface area contributed by atoms with E-state index >= 15 is 0 Å². The van der Waals surface area contributed by atoms with Gasteiger partial charge in [0.1, 0.15) is 5.25 Å². The molecule has 0 aliphatic heterocycles. The molecule has 4 nitrogen and oxygen atoms in total. The molecule has 1 aromatic heterocycles. The summed E-state index contributed by atoms with van der Waals surface area (Å²) in [4.78, 5) is 18.5. The van der Waals surface area contributed by atoms with Crippen LogP contribution in [0.5, 0.6) is 0 Å². The van der Waals surface area contributed by atoms with Crippen molar-refractivity contribution < 1.29 is 4.79 Å². The van der Waals surface area contributed by atoms with Crippen molar-refractivity contribution >= 4 is 33.6 Å². The minimum atomic E-state index is -0.446. The molecule has 88 valence electrons. The van der Waals surface area contributed by atoms with Crippen molar-refractivity contribution in [3.05, 3.63) is 46.7 Å². The van der Waals surface area contributed by atoms with Gasteiger partial charge in [-0.1, -0.05) is 39.8 Å².